The first-order valence-electron chi connectivity index (χ1n) is 3.72. The highest BCUT2D eigenvalue weighted by molar-refractivity contribution is 5.66. The van der Waals surface area contributed by atoms with Gasteiger partial charge in [0, 0.05) is 6.42 Å². The third-order valence-corrected chi connectivity index (χ3v) is 0.464. The fourth-order valence-corrected chi connectivity index (χ4v) is 0.214. The van der Waals surface area contributed by atoms with Crippen LogP contribution in [0.4, 0.5) is 0 Å². The Kier molecular flexibility index (Phi) is 89.7. The van der Waals surface area contributed by atoms with Gasteiger partial charge in [-0.15, -0.1) is 0 Å². The quantitative estimate of drug-likeness (QED) is 0.462. The maximum absolute atomic E-state index is 9.60. The van der Waals surface area contributed by atoms with Gasteiger partial charge in [-0.1, -0.05) is 6.92 Å². The van der Waals surface area contributed by atoms with Crippen molar-refractivity contribution in [3.05, 3.63) is 0 Å². The van der Waals surface area contributed by atoms with Crippen LogP contribution in [0.1, 0.15) is 19.8 Å². The minimum Gasteiger partial charge on any atom is -0.481 e. The van der Waals surface area contributed by atoms with E-state index >= 15 is 0 Å². The fraction of sp³-hybridized carbons (Fsp3) is 0.857. The summed E-state index contributed by atoms with van der Waals surface area (Å²) in [6.07, 6.45) is 1.02. The van der Waals surface area contributed by atoms with Gasteiger partial charge >= 0.3 is 5.97 Å². The molecule has 0 atom stereocenters. The van der Waals surface area contributed by atoms with Crippen LogP contribution in [0.5, 0.6) is 0 Å². The average molecular weight is 181 g/mol. The lowest BCUT2D eigenvalue weighted by Crippen LogP contribution is -1.90. The summed E-state index contributed by atoms with van der Waals surface area (Å²) >= 11 is 0. The summed E-state index contributed by atoms with van der Waals surface area (Å²) in [5.41, 5.74) is 13.5. The number of hydrogen-bond donors (Lipinski definition) is 4. The van der Waals surface area contributed by atoms with Crippen molar-refractivity contribution in [2.45, 2.75) is 19.8 Å². The predicted octanol–water partition coefficient (Wildman–Crippen LogP) is -0.404. The molecule has 0 aromatic rings. The van der Waals surface area contributed by atoms with Crippen LogP contribution in [0.25, 0.3) is 0 Å². The Labute approximate surface area is 74.9 Å². The third-order valence-electron chi connectivity index (χ3n) is 0.464. The Morgan fingerprint density at radius 2 is 1.33 bits per heavy atom. The molecule has 0 aromatic heterocycles. The average Bonchev–Trinajstić information content (AvgIpc) is 2.14. The van der Waals surface area contributed by atoms with E-state index in [1.165, 1.54) is 21.1 Å². The molecule has 0 radical (unpaired) electrons. The number of carbonyl (C=O) groups is 1. The molecule has 7 N–H and O–H groups in total. The van der Waals surface area contributed by atoms with Crippen molar-refractivity contribution < 1.29 is 9.90 Å². The summed E-state index contributed by atoms with van der Waals surface area (Å²) in [7, 11) is 4.50. The smallest absolute Gasteiger partial charge is 0.303 e. The summed E-state index contributed by atoms with van der Waals surface area (Å²) in [6.45, 7) is 1.84. The van der Waals surface area contributed by atoms with Gasteiger partial charge in [0.15, 0.2) is 0 Å². The molecule has 0 aliphatic rings. The predicted molar refractivity (Wildman–Crippen MR) is 52.9 cm³/mol. The van der Waals surface area contributed by atoms with E-state index in [0.29, 0.717) is 6.42 Å². The van der Waals surface area contributed by atoms with Gasteiger partial charge in [0.2, 0.25) is 0 Å². The van der Waals surface area contributed by atoms with Crippen molar-refractivity contribution in [3.63, 3.8) is 0 Å². The Hall–Kier alpha value is -0.650. The number of rotatable bonds is 2. The van der Waals surface area contributed by atoms with Crippen molar-refractivity contribution >= 4 is 5.97 Å². The van der Waals surface area contributed by atoms with Crippen LogP contribution in [-0.4, -0.2) is 32.2 Å². The van der Waals surface area contributed by atoms with Gasteiger partial charge in [-0.05, 0) is 27.6 Å². The zero-order valence-corrected chi connectivity index (χ0v) is 8.50. The Balaban J connectivity index is -0.0000000453. The molecule has 5 heteroatoms. The lowest BCUT2D eigenvalue weighted by molar-refractivity contribution is -0.137. The Morgan fingerprint density at radius 1 is 1.08 bits per heavy atom. The van der Waals surface area contributed by atoms with Crippen molar-refractivity contribution in [3.8, 4) is 0 Å². The molecule has 0 heterocycles. The molecule has 0 bridgehead atoms. The lowest BCUT2D eigenvalue weighted by Gasteiger charge is -1.79. The number of carboxylic acid groups (broad SMARTS) is 1. The Bertz CT molecular complexity index is 60.6. The minimum absolute atomic E-state index is 0.292. The van der Waals surface area contributed by atoms with E-state index in [4.69, 9.17) is 5.11 Å². The van der Waals surface area contributed by atoms with E-state index in [0.717, 1.165) is 6.42 Å². The summed E-state index contributed by atoms with van der Waals surface area (Å²) in [6, 6.07) is 0. The largest absolute Gasteiger partial charge is 0.481 e. The van der Waals surface area contributed by atoms with E-state index < -0.39 is 5.97 Å². The molecule has 78 valence electrons. The maximum Gasteiger partial charge on any atom is 0.303 e. The Morgan fingerprint density at radius 3 is 1.33 bits per heavy atom. The molecule has 0 rings (SSSR count). The number of carboxylic acids is 1. The third kappa shape index (κ3) is 118. The first kappa shape index (κ1) is 22.5. The second-order valence-electron chi connectivity index (χ2n) is 1.14. The zero-order valence-electron chi connectivity index (χ0n) is 8.50. The highest BCUT2D eigenvalue weighted by Crippen LogP contribution is 1.82. The van der Waals surface area contributed by atoms with Gasteiger partial charge in [-0.2, -0.15) is 0 Å². The number of nitrogens with two attached hydrogens (primary N) is 3. The second kappa shape index (κ2) is 47.8. The molecule has 0 saturated heterocycles. The summed E-state index contributed by atoms with van der Waals surface area (Å²) in [5, 5.41) is 7.91. The molecule has 5 nitrogen and oxygen atoms in total. The van der Waals surface area contributed by atoms with Crippen LogP contribution in [0, 0.1) is 0 Å². The molecule has 0 fully saturated rings. The van der Waals surface area contributed by atoms with Gasteiger partial charge in [0.25, 0.3) is 0 Å². The molecule has 0 unspecified atom stereocenters. The maximum atomic E-state index is 9.60. The van der Waals surface area contributed by atoms with Crippen molar-refractivity contribution in [2.75, 3.05) is 21.1 Å². The molecule has 0 aromatic carbocycles. The van der Waals surface area contributed by atoms with Crippen LogP contribution >= 0.6 is 0 Å². The van der Waals surface area contributed by atoms with E-state index in [9.17, 15) is 4.79 Å². The molecule has 0 amide bonds. The van der Waals surface area contributed by atoms with Gasteiger partial charge < -0.3 is 22.3 Å². The first-order valence-corrected chi connectivity index (χ1v) is 3.72. The van der Waals surface area contributed by atoms with Crippen LogP contribution in [0.2, 0.25) is 0 Å². The lowest BCUT2D eigenvalue weighted by atomic mass is 10.4. The minimum atomic E-state index is -0.711. The van der Waals surface area contributed by atoms with Gasteiger partial charge in [0.1, 0.15) is 0 Å². The molecule has 0 aliphatic heterocycles. The van der Waals surface area contributed by atoms with E-state index in [1.807, 2.05) is 6.92 Å². The number of aliphatic carboxylic acids is 1. The van der Waals surface area contributed by atoms with Gasteiger partial charge in [0.05, 0.1) is 0 Å². The van der Waals surface area contributed by atoms with Gasteiger partial charge in [-0.3, -0.25) is 4.79 Å². The van der Waals surface area contributed by atoms with Crippen molar-refractivity contribution in [2.24, 2.45) is 17.2 Å². The van der Waals surface area contributed by atoms with Gasteiger partial charge in [-0.25, -0.2) is 0 Å². The summed E-state index contributed by atoms with van der Waals surface area (Å²) in [4.78, 5) is 9.60. The van der Waals surface area contributed by atoms with Crippen molar-refractivity contribution in [1.29, 1.82) is 0 Å². The summed E-state index contributed by atoms with van der Waals surface area (Å²) in [5.74, 6) is -0.711. The fourth-order valence-electron chi connectivity index (χ4n) is 0.214. The van der Waals surface area contributed by atoms with Crippen LogP contribution < -0.4 is 17.2 Å². The van der Waals surface area contributed by atoms with Crippen LogP contribution in [0.3, 0.4) is 0 Å². The van der Waals surface area contributed by atoms with Crippen molar-refractivity contribution in [1.82, 2.24) is 0 Å². The highest BCUT2D eigenvalue weighted by Gasteiger charge is 1.87. The second-order valence-corrected chi connectivity index (χ2v) is 1.14. The SMILES string of the molecule is CCCC(=O)O.CN.CN.CN. The first-order chi connectivity index (χ1) is 5.77. The topological polar surface area (TPSA) is 115 Å². The molecule has 12 heavy (non-hydrogen) atoms. The monoisotopic (exact) mass is 181 g/mol. The summed E-state index contributed by atoms with van der Waals surface area (Å²) < 4.78 is 0. The standard InChI is InChI=1S/C4H8O2.3CH5N/c1-2-3-4(5)6;3*1-2/h2-3H2,1H3,(H,5,6);3*2H2,1H3. The van der Waals surface area contributed by atoms with E-state index in [2.05, 4.69) is 17.2 Å². The van der Waals surface area contributed by atoms with Crippen LogP contribution in [-0.2, 0) is 4.79 Å². The molecule has 0 aliphatic carbocycles. The normalized spacial score (nSPS) is 5.58. The molecular formula is C7H23N3O2. The number of hydrogen-bond acceptors (Lipinski definition) is 4. The highest BCUT2D eigenvalue weighted by atomic mass is 16.4. The zero-order chi connectivity index (χ0) is 11.0. The molecule has 0 spiro atoms. The molecular weight excluding hydrogens is 158 g/mol. The van der Waals surface area contributed by atoms with E-state index in [1.54, 1.807) is 0 Å². The van der Waals surface area contributed by atoms with Crippen LogP contribution in [0.15, 0.2) is 0 Å². The van der Waals surface area contributed by atoms with E-state index in [-0.39, 0.29) is 0 Å². The molecule has 0 saturated carbocycles.